The van der Waals surface area contributed by atoms with Gasteiger partial charge in [-0.1, -0.05) is 29.4 Å². The summed E-state index contributed by atoms with van der Waals surface area (Å²) in [5.41, 5.74) is 9.18. The molecule has 0 saturated carbocycles. The maximum absolute atomic E-state index is 6.13. The number of nitrogens with zero attached hydrogens (tertiary/aromatic N) is 1. The first kappa shape index (κ1) is 11.9. The lowest BCUT2D eigenvalue weighted by Crippen LogP contribution is -1.89. The summed E-state index contributed by atoms with van der Waals surface area (Å²) in [6.07, 6.45) is 5.31. The summed E-state index contributed by atoms with van der Waals surface area (Å²) < 4.78 is 0. The van der Waals surface area contributed by atoms with Crippen LogP contribution >= 0.6 is 23.4 Å². The highest BCUT2D eigenvalue weighted by molar-refractivity contribution is 7.99. The van der Waals surface area contributed by atoms with E-state index in [9.17, 15) is 0 Å². The van der Waals surface area contributed by atoms with E-state index in [0.29, 0.717) is 10.7 Å². The average molecular weight is 277 g/mol. The van der Waals surface area contributed by atoms with Gasteiger partial charge in [0.05, 0.1) is 16.9 Å². The molecule has 0 bridgehead atoms. The summed E-state index contributed by atoms with van der Waals surface area (Å²) in [4.78, 5) is 5.46. The number of rotatable bonds is 2. The zero-order valence-electron chi connectivity index (χ0n) is 9.82. The van der Waals surface area contributed by atoms with Crippen molar-refractivity contribution in [3.05, 3.63) is 46.6 Å². The van der Waals surface area contributed by atoms with Gasteiger partial charge in [0.25, 0.3) is 0 Å². The minimum absolute atomic E-state index is 0.596. The first-order valence-corrected chi connectivity index (χ1v) is 7.12. The van der Waals surface area contributed by atoms with Gasteiger partial charge in [-0.05, 0) is 48.6 Å². The summed E-state index contributed by atoms with van der Waals surface area (Å²) in [7, 11) is 0. The Hall–Kier alpha value is -1.19. The third-order valence-corrected chi connectivity index (χ3v) is 4.52. The smallest absolute Gasteiger partial charge is 0.120 e. The first-order chi connectivity index (χ1) is 8.72. The molecule has 0 radical (unpaired) electrons. The second-order valence-electron chi connectivity index (χ2n) is 4.44. The molecule has 2 aromatic rings. The van der Waals surface area contributed by atoms with Crippen LogP contribution in [0.4, 0.5) is 5.69 Å². The Balaban J connectivity index is 1.88. The molecule has 1 aromatic carbocycles. The lowest BCUT2D eigenvalue weighted by molar-refractivity contribution is 0.911. The number of aryl methyl sites for hydroxylation is 2. The number of hydrogen-bond donors (Lipinski definition) is 1. The zero-order valence-corrected chi connectivity index (χ0v) is 11.4. The van der Waals surface area contributed by atoms with E-state index in [-0.39, 0.29) is 0 Å². The van der Waals surface area contributed by atoms with E-state index in [0.717, 1.165) is 5.03 Å². The highest BCUT2D eigenvalue weighted by Gasteiger charge is 2.12. The molecule has 1 aromatic heterocycles. The quantitative estimate of drug-likeness (QED) is 0.902. The van der Waals surface area contributed by atoms with E-state index in [1.165, 1.54) is 35.3 Å². The Kier molecular flexibility index (Phi) is 3.18. The molecular weight excluding hydrogens is 264 g/mol. The van der Waals surface area contributed by atoms with Gasteiger partial charge >= 0.3 is 0 Å². The number of nitrogens with two attached hydrogens (primary N) is 1. The van der Waals surface area contributed by atoms with Gasteiger partial charge in [-0.3, -0.25) is 0 Å². The molecule has 2 N–H and O–H groups in total. The molecule has 0 spiro atoms. The molecular formula is C14H13ClN2S. The number of benzene rings is 1. The Bertz CT molecular complexity index is 598. The number of aromatic nitrogens is 1. The van der Waals surface area contributed by atoms with E-state index in [1.807, 2.05) is 0 Å². The van der Waals surface area contributed by atoms with E-state index >= 15 is 0 Å². The van der Waals surface area contributed by atoms with Gasteiger partial charge in [-0.15, -0.1) is 0 Å². The molecule has 3 rings (SSSR count). The van der Waals surface area contributed by atoms with E-state index in [4.69, 9.17) is 17.3 Å². The van der Waals surface area contributed by atoms with Crippen LogP contribution in [0.5, 0.6) is 0 Å². The van der Waals surface area contributed by atoms with Gasteiger partial charge < -0.3 is 5.73 Å². The highest BCUT2D eigenvalue weighted by Crippen LogP contribution is 2.34. The van der Waals surface area contributed by atoms with Crippen molar-refractivity contribution in [1.82, 2.24) is 4.98 Å². The molecule has 0 unspecified atom stereocenters. The summed E-state index contributed by atoms with van der Waals surface area (Å²) in [5, 5.41) is 1.42. The monoisotopic (exact) mass is 276 g/mol. The van der Waals surface area contributed by atoms with Crippen molar-refractivity contribution >= 4 is 29.1 Å². The van der Waals surface area contributed by atoms with Crippen molar-refractivity contribution in [2.24, 2.45) is 0 Å². The van der Waals surface area contributed by atoms with Gasteiger partial charge in [0.1, 0.15) is 5.03 Å². The second kappa shape index (κ2) is 4.82. The van der Waals surface area contributed by atoms with Crippen LogP contribution in [0.2, 0.25) is 5.02 Å². The van der Waals surface area contributed by atoms with Crippen LogP contribution in [-0.4, -0.2) is 4.98 Å². The summed E-state index contributed by atoms with van der Waals surface area (Å²) in [6, 6.07) is 8.35. The average Bonchev–Trinajstić information content (AvgIpc) is 2.80. The van der Waals surface area contributed by atoms with Crippen molar-refractivity contribution in [1.29, 1.82) is 0 Å². The summed E-state index contributed by atoms with van der Waals surface area (Å²) >= 11 is 7.72. The van der Waals surface area contributed by atoms with Crippen LogP contribution in [0.15, 0.2) is 40.4 Å². The molecule has 92 valence electrons. The minimum Gasteiger partial charge on any atom is -0.397 e. The topological polar surface area (TPSA) is 38.9 Å². The number of nitrogen functional groups attached to an aromatic ring is 1. The van der Waals surface area contributed by atoms with Crippen LogP contribution in [0.1, 0.15) is 17.5 Å². The largest absolute Gasteiger partial charge is 0.397 e. The molecule has 0 fully saturated rings. The minimum atomic E-state index is 0.596. The second-order valence-corrected chi connectivity index (χ2v) is 5.91. The molecule has 0 saturated heterocycles. The molecule has 1 aliphatic carbocycles. The predicted octanol–water partition coefficient (Wildman–Crippen LogP) is 3.96. The Morgan fingerprint density at radius 3 is 2.83 bits per heavy atom. The molecule has 0 atom stereocenters. The van der Waals surface area contributed by atoms with Gasteiger partial charge in [0.15, 0.2) is 0 Å². The molecule has 4 heteroatoms. The number of anilines is 1. The third kappa shape index (κ3) is 2.33. The molecule has 1 heterocycles. The lowest BCUT2D eigenvalue weighted by Gasteiger charge is -2.06. The van der Waals surface area contributed by atoms with Crippen LogP contribution in [-0.2, 0) is 12.8 Å². The van der Waals surface area contributed by atoms with Gasteiger partial charge in [-0.2, -0.15) is 0 Å². The maximum Gasteiger partial charge on any atom is 0.120 e. The van der Waals surface area contributed by atoms with Crippen molar-refractivity contribution < 1.29 is 0 Å². The number of pyridine rings is 1. The summed E-state index contributed by atoms with van der Waals surface area (Å²) in [6.45, 7) is 0. The van der Waals surface area contributed by atoms with Gasteiger partial charge in [0.2, 0.25) is 0 Å². The third-order valence-electron chi connectivity index (χ3n) is 3.11. The lowest BCUT2D eigenvalue weighted by atomic mass is 10.1. The Morgan fingerprint density at radius 1 is 1.17 bits per heavy atom. The Morgan fingerprint density at radius 2 is 2.00 bits per heavy atom. The first-order valence-electron chi connectivity index (χ1n) is 5.93. The van der Waals surface area contributed by atoms with Crippen LogP contribution in [0, 0.1) is 0 Å². The maximum atomic E-state index is 6.13. The van der Waals surface area contributed by atoms with Crippen LogP contribution in [0.25, 0.3) is 0 Å². The fraction of sp³-hybridized carbons (Fsp3) is 0.214. The Labute approximate surface area is 116 Å². The SMILES string of the molecule is Nc1cnc(Sc2ccc3c(c2)CCC3)c(Cl)c1. The van der Waals surface area contributed by atoms with E-state index in [2.05, 4.69) is 23.2 Å². The van der Waals surface area contributed by atoms with Crippen molar-refractivity contribution in [3.63, 3.8) is 0 Å². The van der Waals surface area contributed by atoms with E-state index in [1.54, 1.807) is 24.0 Å². The van der Waals surface area contributed by atoms with Crippen LogP contribution < -0.4 is 5.73 Å². The fourth-order valence-electron chi connectivity index (χ4n) is 2.24. The molecule has 18 heavy (non-hydrogen) atoms. The number of fused-ring (bicyclic) bond motifs is 1. The summed E-state index contributed by atoms with van der Waals surface area (Å²) in [5.74, 6) is 0. The molecule has 0 amide bonds. The number of hydrogen-bond acceptors (Lipinski definition) is 3. The number of halogens is 1. The standard InChI is InChI=1S/C14H13ClN2S/c15-13-7-11(16)8-17-14(13)18-12-5-4-9-2-1-3-10(9)6-12/h4-8H,1-3,16H2. The van der Waals surface area contributed by atoms with E-state index < -0.39 is 0 Å². The normalized spacial score (nSPS) is 13.6. The zero-order chi connectivity index (χ0) is 12.5. The van der Waals surface area contributed by atoms with Gasteiger partial charge in [0, 0.05) is 4.90 Å². The molecule has 0 aliphatic heterocycles. The van der Waals surface area contributed by atoms with Gasteiger partial charge in [-0.25, -0.2) is 4.98 Å². The van der Waals surface area contributed by atoms with Crippen LogP contribution in [0.3, 0.4) is 0 Å². The fourth-order valence-corrected chi connectivity index (χ4v) is 3.35. The van der Waals surface area contributed by atoms with Crippen molar-refractivity contribution in [2.75, 3.05) is 5.73 Å². The highest BCUT2D eigenvalue weighted by atomic mass is 35.5. The predicted molar refractivity (Wildman–Crippen MR) is 76.2 cm³/mol. The molecule has 1 aliphatic rings. The molecule has 2 nitrogen and oxygen atoms in total. The van der Waals surface area contributed by atoms with Crippen molar-refractivity contribution in [2.45, 2.75) is 29.2 Å². The van der Waals surface area contributed by atoms with Crippen molar-refractivity contribution in [3.8, 4) is 0 Å².